The normalized spacial score (nSPS) is 14.9. The van der Waals surface area contributed by atoms with Gasteiger partial charge in [-0.05, 0) is 17.7 Å². The van der Waals surface area contributed by atoms with Crippen LogP contribution in [0.15, 0.2) is 54.6 Å². The smallest absolute Gasteiger partial charge is 0.304 e. The first-order chi connectivity index (χ1) is 16.2. The number of benzene rings is 2. The molecule has 0 aliphatic carbocycles. The molecule has 1 amide bonds. The molecule has 0 radical (unpaired) electrons. The number of anilines is 1. The lowest BCUT2D eigenvalue weighted by molar-refractivity contribution is -0.130. The number of Topliss-reactive ketones (excluding diaryl/α,β-unsaturated/α-hetero) is 1. The van der Waals surface area contributed by atoms with Crippen molar-refractivity contribution in [2.45, 2.75) is 13.5 Å². The lowest BCUT2D eigenvalue weighted by Gasteiger charge is -2.35. The van der Waals surface area contributed by atoms with E-state index in [1.165, 1.54) is 8.61 Å². The van der Waals surface area contributed by atoms with E-state index in [4.69, 9.17) is 5.73 Å². The highest BCUT2D eigenvalue weighted by Crippen LogP contribution is 2.23. The van der Waals surface area contributed by atoms with Gasteiger partial charge in [0.2, 0.25) is 5.91 Å². The van der Waals surface area contributed by atoms with Gasteiger partial charge in [0.1, 0.15) is 0 Å². The molecule has 0 bridgehead atoms. The van der Waals surface area contributed by atoms with Crippen LogP contribution in [0.25, 0.3) is 0 Å². The predicted molar refractivity (Wildman–Crippen MR) is 133 cm³/mol. The van der Waals surface area contributed by atoms with Crippen LogP contribution in [0, 0.1) is 0 Å². The van der Waals surface area contributed by atoms with Crippen LogP contribution >= 0.6 is 0 Å². The van der Waals surface area contributed by atoms with E-state index in [9.17, 15) is 18.0 Å². The van der Waals surface area contributed by atoms with Gasteiger partial charge in [0, 0.05) is 58.8 Å². The Morgan fingerprint density at radius 2 is 1.59 bits per heavy atom. The third-order valence-electron chi connectivity index (χ3n) is 6.05. The molecule has 1 saturated heterocycles. The number of nitrogens with two attached hydrogens (primary N) is 1. The van der Waals surface area contributed by atoms with E-state index >= 15 is 0 Å². The van der Waals surface area contributed by atoms with Crippen molar-refractivity contribution in [1.29, 1.82) is 0 Å². The number of carbonyl (C=O) groups excluding carboxylic acids is 2. The van der Waals surface area contributed by atoms with Crippen molar-refractivity contribution in [3.63, 3.8) is 0 Å². The molecule has 1 aliphatic heterocycles. The van der Waals surface area contributed by atoms with E-state index in [-0.39, 0.29) is 24.8 Å². The Morgan fingerprint density at radius 3 is 2.15 bits per heavy atom. The minimum absolute atomic E-state index is 0.0678. The van der Waals surface area contributed by atoms with E-state index in [0.717, 1.165) is 18.7 Å². The molecule has 34 heavy (non-hydrogen) atoms. The van der Waals surface area contributed by atoms with Crippen molar-refractivity contribution >= 4 is 27.6 Å². The number of rotatable bonds is 10. The number of nitrogens with zero attached hydrogens (tertiary/aromatic N) is 4. The first-order valence-corrected chi connectivity index (χ1v) is 12.7. The van der Waals surface area contributed by atoms with Crippen LogP contribution in [0.1, 0.15) is 22.8 Å². The van der Waals surface area contributed by atoms with Crippen molar-refractivity contribution in [3.8, 4) is 0 Å². The highest BCUT2D eigenvalue weighted by Gasteiger charge is 2.28. The molecule has 0 aromatic heterocycles. The van der Waals surface area contributed by atoms with Gasteiger partial charge in [-0.25, -0.2) is 0 Å². The maximum atomic E-state index is 13.6. The van der Waals surface area contributed by atoms with Crippen LogP contribution in [0.2, 0.25) is 0 Å². The summed E-state index contributed by atoms with van der Waals surface area (Å²) in [4.78, 5) is 27.3. The minimum atomic E-state index is -3.82. The van der Waals surface area contributed by atoms with Gasteiger partial charge in [-0.1, -0.05) is 42.5 Å². The molecule has 2 N–H and O–H groups in total. The summed E-state index contributed by atoms with van der Waals surface area (Å²) in [5.41, 5.74) is 7.25. The van der Waals surface area contributed by atoms with Gasteiger partial charge in [-0.2, -0.15) is 12.7 Å². The number of hydrogen-bond donors (Lipinski definition) is 1. The summed E-state index contributed by atoms with van der Waals surface area (Å²) in [6, 6.07) is 15.8. The van der Waals surface area contributed by atoms with E-state index in [1.807, 2.05) is 6.07 Å². The summed E-state index contributed by atoms with van der Waals surface area (Å²) in [5, 5.41) is 0. The van der Waals surface area contributed by atoms with Gasteiger partial charge in [0.15, 0.2) is 5.78 Å². The van der Waals surface area contributed by atoms with E-state index < -0.39 is 10.2 Å². The van der Waals surface area contributed by atoms with Crippen molar-refractivity contribution < 1.29 is 18.0 Å². The molecule has 2 aromatic carbocycles. The lowest BCUT2D eigenvalue weighted by Crippen LogP contribution is -2.50. The van der Waals surface area contributed by atoms with Crippen LogP contribution < -0.4 is 10.0 Å². The monoisotopic (exact) mass is 487 g/mol. The standard InChI is InChI=1S/C24H33N5O4S/c1-20(30)28-16-14-27(15-17-28)13-12-26(2)34(32,33)29(23-6-4-3-5-7-23)19-21-8-10-22(11-9-21)24(31)18-25/h3-11H,12-19,25H2,1-2H3. The van der Waals surface area contributed by atoms with Crippen molar-refractivity contribution in [1.82, 2.24) is 14.1 Å². The summed E-state index contributed by atoms with van der Waals surface area (Å²) >= 11 is 0. The second-order valence-corrected chi connectivity index (χ2v) is 10.3. The zero-order valence-corrected chi connectivity index (χ0v) is 20.6. The van der Waals surface area contributed by atoms with Gasteiger partial charge in [0.25, 0.3) is 0 Å². The van der Waals surface area contributed by atoms with Crippen LogP contribution in [0.4, 0.5) is 5.69 Å². The zero-order chi connectivity index (χ0) is 24.7. The van der Waals surface area contributed by atoms with Crippen LogP contribution in [0.5, 0.6) is 0 Å². The average molecular weight is 488 g/mol. The molecule has 3 rings (SSSR count). The zero-order valence-electron chi connectivity index (χ0n) is 19.8. The van der Waals surface area contributed by atoms with Crippen molar-refractivity contribution in [3.05, 3.63) is 65.7 Å². The fraction of sp³-hybridized carbons (Fsp3) is 0.417. The van der Waals surface area contributed by atoms with Gasteiger partial charge in [-0.15, -0.1) is 0 Å². The quantitative estimate of drug-likeness (QED) is 0.504. The summed E-state index contributed by atoms with van der Waals surface area (Å²) in [7, 11) is -2.24. The number of hydrogen-bond acceptors (Lipinski definition) is 6. The average Bonchev–Trinajstić information content (AvgIpc) is 2.86. The topological polar surface area (TPSA) is 107 Å². The number of amides is 1. The molecule has 1 heterocycles. The van der Waals surface area contributed by atoms with Gasteiger partial charge >= 0.3 is 10.2 Å². The molecule has 0 spiro atoms. The number of para-hydroxylation sites is 1. The predicted octanol–water partition coefficient (Wildman–Crippen LogP) is 1.18. The molecule has 0 unspecified atom stereocenters. The summed E-state index contributed by atoms with van der Waals surface area (Å²) < 4.78 is 29.9. The maximum Gasteiger partial charge on any atom is 0.304 e. The second-order valence-electron chi connectivity index (χ2n) is 8.34. The lowest BCUT2D eigenvalue weighted by atomic mass is 10.1. The Kier molecular flexibility index (Phi) is 8.78. The Labute approximate surface area is 201 Å². The number of likely N-dealkylation sites (N-methyl/N-ethyl adjacent to an activating group) is 1. The number of piperazine rings is 1. The Morgan fingerprint density at radius 1 is 0.971 bits per heavy atom. The largest absolute Gasteiger partial charge is 0.340 e. The van der Waals surface area contributed by atoms with Crippen molar-refractivity contribution in [2.24, 2.45) is 5.73 Å². The Hall–Kier alpha value is -2.79. The fourth-order valence-corrected chi connectivity index (χ4v) is 5.18. The van der Waals surface area contributed by atoms with Gasteiger partial charge < -0.3 is 10.6 Å². The molecule has 9 nitrogen and oxygen atoms in total. The SMILES string of the molecule is CC(=O)N1CCN(CCN(C)S(=O)(=O)N(Cc2ccc(C(=O)CN)cc2)c2ccccc2)CC1. The molecule has 10 heteroatoms. The molecule has 0 saturated carbocycles. The van der Waals surface area contributed by atoms with Crippen LogP contribution in [0.3, 0.4) is 0 Å². The third kappa shape index (κ3) is 6.41. The highest BCUT2D eigenvalue weighted by molar-refractivity contribution is 7.90. The van der Waals surface area contributed by atoms with E-state index in [0.29, 0.717) is 37.4 Å². The molecular formula is C24H33N5O4S. The summed E-state index contributed by atoms with van der Waals surface area (Å²) in [6.45, 7) is 5.31. The molecule has 2 aromatic rings. The summed E-state index contributed by atoms with van der Waals surface area (Å²) in [5.74, 6) is -0.0961. The molecular weight excluding hydrogens is 454 g/mol. The van der Waals surface area contributed by atoms with Gasteiger partial charge in [-0.3, -0.25) is 18.8 Å². The van der Waals surface area contributed by atoms with E-state index in [2.05, 4.69) is 4.90 Å². The second kappa shape index (κ2) is 11.6. The molecule has 0 atom stereocenters. The first kappa shape index (κ1) is 25.8. The molecule has 184 valence electrons. The molecule has 1 fully saturated rings. The van der Waals surface area contributed by atoms with Crippen molar-refractivity contribution in [2.75, 3.05) is 57.2 Å². The Balaban J connectivity index is 1.72. The van der Waals surface area contributed by atoms with Crippen LogP contribution in [-0.2, 0) is 21.5 Å². The van der Waals surface area contributed by atoms with E-state index in [1.54, 1.807) is 67.4 Å². The van der Waals surface area contributed by atoms with Crippen LogP contribution in [-0.4, -0.2) is 87.1 Å². The maximum absolute atomic E-state index is 13.6. The number of carbonyl (C=O) groups is 2. The minimum Gasteiger partial charge on any atom is -0.340 e. The Bertz CT molecular complexity index is 1070. The summed E-state index contributed by atoms with van der Waals surface area (Å²) in [6.07, 6.45) is 0. The fourth-order valence-electron chi connectivity index (χ4n) is 3.83. The first-order valence-electron chi connectivity index (χ1n) is 11.3. The number of ketones is 1. The third-order valence-corrected chi connectivity index (χ3v) is 7.92. The molecule has 1 aliphatic rings. The van der Waals surface area contributed by atoms with Gasteiger partial charge in [0.05, 0.1) is 18.8 Å². The highest BCUT2D eigenvalue weighted by atomic mass is 32.2.